The molecule has 2 aromatic carbocycles. The molecule has 1 fully saturated rings. The molecule has 3 heteroatoms. The van der Waals surface area contributed by atoms with Crippen LogP contribution >= 0.6 is 11.6 Å². The van der Waals surface area contributed by atoms with Crippen LogP contribution < -0.4 is 4.90 Å². The first-order valence-electron chi connectivity index (χ1n) is 7.71. The molecule has 0 saturated heterocycles. The Hall–Kier alpha value is -1.80. The molecule has 1 aliphatic carbocycles. The molecule has 22 heavy (non-hydrogen) atoms. The van der Waals surface area contributed by atoms with Gasteiger partial charge in [0.2, 0.25) is 5.91 Å². The summed E-state index contributed by atoms with van der Waals surface area (Å²) < 4.78 is 0. The molecule has 2 aromatic rings. The lowest BCUT2D eigenvalue weighted by atomic mass is 9.94. The maximum atomic E-state index is 13.1. The highest BCUT2D eigenvalue weighted by molar-refractivity contribution is 6.30. The average molecular weight is 314 g/mol. The molecule has 3 rings (SSSR count). The minimum absolute atomic E-state index is 0.197. The van der Waals surface area contributed by atoms with Gasteiger partial charge < -0.3 is 4.90 Å². The van der Waals surface area contributed by atoms with Crippen LogP contribution in [-0.2, 0) is 10.2 Å². The van der Waals surface area contributed by atoms with Gasteiger partial charge in [0.05, 0.1) is 5.41 Å². The monoisotopic (exact) mass is 313 g/mol. The fourth-order valence-corrected chi connectivity index (χ4v) is 3.14. The maximum absolute atomic E-state index is 13.1. The van der Waals surface area contributed by atoms with Crippen LogP contribution in [0.25, 0.3) is 0 Å². The molecule has 0 radical (unpaired) electrons. The first kappa shape index (κ1) is 15.1. The van der Waals surface area contributed by atoms with E-state index in [2.05, 4.69) is 6.07 Å². The molecule has 2 nitrogen and oxygen atoms in total. The third-order valence-electron chi connectivity index (χ3n) is 4.43. The van der Waals surface area contributed by atoms with E-state index in [0.717, 1.165) is 24.1 Å². The third kappa shape index (κ3) is 2.64. The van der Waals surface area contributed by atoms with E-state index in [1.54, 1.807) is 0 Å². The van der Waals surface area contributed by atoms with Crippen LogP contribution in [0.3, 0.4) is 0 Å². The molecule has 114 valence electrons. The zero-order valence-electron chi connectivity index (χ0n) is 13.0. The van der Waals surface area contributed by atoms with Crippen molar-refractivity contribution in [1.29, 1.82) is 0 Å². The SMILES string of the molecule is CCN(C(=O)C1(c2ccc(Cl)cc2)CC1)c1cccc(C)c1. The molecule has 0 atom stereocenters. The normalized spacial score (nSPS) is 15.4. The van der Waals surface area contributed by atoms with Crippen LogP contribution in [0.2, 0.25) is 5.02 Å². The zero-order chi connectivity index (χ0) is 15.7. The Morgan fingerprint density at radius 3 is 2.41 bits per heavy atom. The van der Waals surface area contributed by atoms with E-state index in [9.17, 15) is 4.79 Å². The molecule has 0 spiro atoms. The number of rotatable bonds is 4. The van der Waals surface area contributed by atoms with Crippen molar-refractivity contribution in [1.82, 2.24) is 0 Å². The third-order valence-corrected chi connectivity index (χ3v) is 4.68. The molecule has 1 saturated carbocycles. The van der Waals surface area contributed by atoms with Crippen molar-refractivity contribution in [3.63, 3.8) is 0 Å². The van der Waals surface area contributed by atoms with Gasteiger partial charge in [-0.25, -0.2) is 0 Å². The number of likely N-dealkylation sites (N-methyl/N-ethyl adjacent to an activating group) is 1. The Balaban J connectivity index is 1.93. The lowest BCUT2D eigenvalue weighted by Gasteiger charge is -2.27. The molecule has 1 amide bonds. The number of carbonyl (C=O) groups is 1. The number of aryl methyl sites for hydroxylation is 1. The van der Waals surface area contributed by atoms with Gasteiger partial charge in [-0.15, -0.1) is 0 Å². The lowest BCUT2D eigenvalue weighted by molar-refractivity contribution is -0.121. The second-order valence-corrected chi connectivity index (χ2v) is 6.41. The molecule has 0 bridgehead atoms. The number of halogens is 1. The number of hydrogen-bond acceptors (Lipinski definition) is 1. The Morgan fingerprint density at radius 2 is 1.86 bits per heavy atom. The van der Waals surface area contributed by atoms with Crippen molar-refractivity contribution < 1.29 is 4.79 Å². The van der Waals surface area contributed by atoms with Crippen LogP contribution in [0.15, 0.2) is 48.5 Å². The highest BCUT2D eigenvalue weighted by atomic mass is 35.5. The zero-order valence-corrected chi connectivity index (χ0v) is 13.7. The van der Waals surface area contributed by atoms with Crippen LogP contribution in [0.5, 0.6) is 0 Å². The summed E-state index contributed by atoms with van der Waals surface area (Å²) in [5.41, 5.74) is 2.87. The molecule has 0 heterocycles. The predicted molar refractivity (Wildman–Crippen MR) is 91.6 cm³/mol. The second-order valence-electron chi connectivity index (χ2n) is 5.98. The molecule has 0 N–H and O–H groups in total. The summed E-state index contributed by atoms with van der Waals surface area (Å²) in [6, 6.07) is 15.8. The van der Waals surface area contributed by atoms with E-state index in [1.165, 1.54) is 5.56 Å². The summed E-state index contributed by atoms with van der Waals surface area (Å²) in [6.07, 6.45) is 1.82. The number of carbonyl (C=O) groups excluding carboxylic acids is 1. The molecule has 0 aromatic heterocycles. The minimum atomic E-state index is -0.357. The Bertz CT molecular complexity index is 689. The van der Waals surface area contributed by atoms with Crippen LogP contribution in [0.1, 0.15) is 30.9 Å². The quantitative estimate of drug-likeness (QED) is 0.799. The fraction of sp³-hybridized carbons (Fsp3) is 0.316. The number of nitrogens with zero attached hydrogens (tertiary/aromatic N) is 1. The topological polar surface area (TPSA) is 20.3 Å². The molecular formula is C19H20ClNO. The van der Waals surface area contributed by atoms with E-state index < -0.39 is 0 Å². The second kappa shape index (κ2) is 5.77. The van der Waals surface area contributed by atoms with Gasteiger partial charge in [-0.05, 0) is 62.1 Å². The first-order chi connectivity index (χ1) is 10.6. The largest absolute Gasteiger partial charge is 0.312 e. The van der Waals surface area contributed by atoms with Crippen molar-refractivity contribution in [2.24, 2.45) is 0 Å². The van der Waals surface area contributed by atoms with E-state index in [4.69, 9.17) is 11.6 Å². The van der Waals surface area contributed by atoms with Crippen LogP contribution in [-0.4, -0.2) is 12.5 Å². The lowest BCUT2D eigenvalue weighted by Crippen LogP contribution is -2.39. The predicted octanol–water partition coefficient (Wildman–Crippen LogP) is 4.73. The van der Waals surface area contributed by atoms with Crippen molar-refractivity contribution in [2.45, 2.75) is 32.1 Å². The Kier molecular flexibility index (Phi) is 3.96. The number of hydrogen-bond donors (Lipinski definition) is 0. The number of anilines is 1. The highest BCUT2D eigenvalue weighted by Gasteiger charge is 2.53. The highest BCUT2D eigenvalue weighted by Crippen LogP contribution is 2.50. The molecular weight excluding hydrogens is 294 g/mol. The Morgan fingerprint density at radius 1 is 1.18 bits per heavy atom. The molecule has 0 aliphatic heterocycles. The average Bonchev–Trinajstić information content (AvgIpc) is 3.30. The van der Waals surface area contributed by atoms with E-state index >= 15 is 0 Å². The summed E-state index contributed by atoms with van der Waals surface area (Å²) in [7, 11) is 0. The van der Waals surface area contributed by atoms with Crippen molar-refractivity contribution in [3.8, 4) is 0 Å². The van der Waals surface area contributed by atoms with Gasteiger partial charge in [0, 0.05) is 17.3 Å². The van der Waals surface area contributed by atoms with E-state index in [1.807, 2.05) is 61.2 Å². The molecule has 1 aliphatic rings. The van der Waals surface area contributed by atoms with Gasteiger partial charge >= 0.3 is 0 Å². The Labute approximate surface area is 136 Å². The standard InChI is InChI=1S/C19H20ClNO/c1-3-21(17-6-4-5-14(2)13-17)18(22)19(11-12-19)15-7-9-16(20)10-8-15/h4-10,13H,3,11-12H2,1-2H3. The van der Waals surface area contributed by atoms with Crippen molar-refractivity contribution >= 4 is 23.2 Å². The van der Waals surface area contributed by atoms with Crippen molar-refractivity contribution in [3.05, 3.63) is 64.7 Å². The molecule has 0 unspecified atom stereocenters. The van der Waals surface area contributed by atoms with Gasteiger partial charge in [-0.1, -0.05) is 35.9 Å². The van der Waals surface area contributed by atoms with Gasteiger partial charge in [0.15, 0.2) is 0 Å². The van der Waals surface area contributed by atoms with Gasteiger partial charge in [-0.2, -0.15) is 0 Å². The maximum Gasteiger partial charge on any atom is 0.237 e. The summed E-state index contributed by atoms with van der Waals surface area (Å²) in [4.78, 5) is 15.0. The van der Waals surface area contributed by atoms with Crippen LogP contribution in [0.4, 0.5) is 5.69 Å². The van der Waals surface area contributed by atoms with Gasteiger partial charge in [0.1, 0.15) is 0 Å². The summed E-state index contributed by atoms with van der Waals surface area (Å²) >= 11 is 5.97. The summed E-state index contributed by atoms with van der Waals surface area (Å²) in [5.74, 6) is 0.197. The van der Waals surface area contributed by atoms with Gasteiger partial charge in [0.25, 0.3) is 0 Å². The van der Waals surface area contributed by atoms with Crippen molar-refractivity contribution in [2.75, 3.05) is 11.4 Å². The summed E-state index contributed by atoms with van der Waals surface area (Å²) in [5, 5.41) is 0.707. The minimum Gasteiger partial charge on any atom is -0.312 e. The first-order valence-corrected chi connectivity index (χ1v) is 8.09. The number of amides is 1. The summed E-state index contributed by atoms with van der Waals surface area (Å²) in [6.45, 7) is 4.75. The smallest absolute Gasteiger partial charge is 0.237 e. The van der Waals surface area contributed by atoms with Crippen LogP contribution in [0, 0.1) is 6.92 Å². The fourth-order valence-electron chi connectivity index (χ4n) is 3.02. The van der Waals surface area contributed by atoms with Gasteiger partial charge in [-0.3, -0.25) is 4.79 Å². The van der Waals surface area contributed by atoms with E-state index in [0.29, 0.717) is 11.6 Å². The number of benzene rings is 2. The van der Waals surface area contributed by atoms with E-state index in [-0.39, 0.29) is 11.3 Å².